The first-order valence-electron chi connectivity index (χ1n) is 7.04. The molecule has 23 heavy (non-hydrogen) atoms. The number of rotatable bonds is 6. The van der Waals surface area contributed by atoms with Gasteiger partial charge < -0.3 is 14.8 Å². The number of nitriles is 1. The van der Waals surface area contributed by atoms with Crippen LogP contribution >= 0.6 is 11.3 Å². The van der Waals surface area contributed by atoms with Crippen molar-refractivity contribution in [3.8, 4) is 17.6 Å². The number of hydrogen-bond acceptors (Lipinski definition) is 5. The van der Waals surface area contributed by atoms with Crippen LogP contribution in [0.3, 0.4) is 0 Å². The third kappa shape index (κ3) is 4.02. The lowest BCUT2D eigenvalue weighted by Gasteiger charge is -2.17. The number of aryl methyl sites for hydroxylation is 1. The van der Waals surface area contributed by atoms with Gasteiger partial charge in [0.15, 0.2) is 11.5 Å². The number of methoxy groups -OCH3 is 2. The molecule has 0 bridgehead atoms. The Balaban J connectivity index is 2.17. The van der Waals surface area contributed by atoms with E-state index >= 15 is 0 Å². The van der Waals surface area contributed by atoms with Gasteiger partial charge in [-0.05, 0) is 25.1 Å². The fourth-order valence-electron chi connectivity index (χ4n) is 2.27. The number of nitrogens with one attached hydrogen (secondary N) is 1. The van der Waals surface area contributed by atoms with Crippen LogP contribution in [0, 0.1) is 18.3 Å². The molecule has 0 aliphatic carbocycles. The van der Waals surface area contributed by atoms with Gasteiger partial charge in [-0.15, -0.1) is 11.3 Å². The van der Waals surface area contributed by atoms with Gasteiger partial charge in [0.05, 0.1) is 26.7 Å². The van der Waals surface area contributed by atoms with E-state index in [0.29, 0.717) is 17.1 Å². The van der Waals surface area contributed by atoms with E-state index < -0.39 is 6.04 Å². The number of carbonyl (C=O) groups excluding carboxylic acids is 1. The van der Waals surface area contributed by atoms with Crippen molar-refractivity contribution in [1.82, 2.24) is 5.32 Å². The van der Waals surface area contributed by atoms with E-state index in [0.717, 1.165) is 9.75 Å². The lowest BCUT2D eigenvalue weighted by Crippen LogP contribution is -2.29. The summed E-state index contributed by atoms with van der Waals surface area (Å²) in [5.74, 6) is 0.769. The minimum atomic E-state index is -0.798. The van der Waals surface area contributed by atoms with Crippen molar-refractivity contribution < 1.29 is 14.3 Å². The summed E-state index contributed by atoms with van der Waals surface area (Å²) in [7, 11) is 3.03. The number of carbonyl (C=O) groups is 1. The van der Waals surface area contributed by atoms with Gasteiger partial charge >= 0.3 is 0 Å². The van der Waals surface area contributed by atoms with Crippen LogP contribution in [0.2, 0.25) is 0 Å². The number of ether oxygens (including phenoxy) is 2. The molecule has 6 heteroatoms. The number of hydrogen-bond donors (Lipinski definition) is 1. The van der Waals surface area contributed by atoms with Gasteiger partial charge in [0.1, 0.15) is 6.04 Å². The number of amides is 1. The fourth-order valence-corrected chi connectivity index (χ4v) is 3.16. The zero-order chi connectivity index (χ0) is 16.8. The molecule has 2 aromatic rings. The quantitative estimate of drug-likeness (QED) is 0.884. The molecule has 1 amide bonds. The topological polar surface area (TPSA) is 71.3 Å². The molecule has 1 N–H and O–H groups in total. The van der Waals surface area contributed by atoms with Gasteiger partial charge in [0, 0.05) is 15.3 Å². The Morgan fingerprint density at radius 1 is 1.30 bits per heavy atom. The molecule has 5 nitrogen and oxygen atoms in total. The highest BCUT2D eigenvalue weighted by molar-refractivity contribution is 7.12. The van der Waals surface area contributed by atoms with Gasteiger partial charge in [-0.1, -0.05) is 12.1 Å². The zero-order valence-electron chi connectivity index (χ0n) is 13.3. The molecule has 0 unspecified atom stereocenters. The van der Waals surface area contributed by atoms with E-state index in [9.17, 15) is 10.1 Å². The largest absolute Gasteiger partial charge is 0.493 e. The molecule has 0 radical (unpaired) electrons. The highest BCUT2D eigenvalue weighted by atomic mass is 32.1. The van der Waals surface area contributed by atoms with Gasteiger partial charge in [-0.25, -0.2) is 0 Å². The number of benzene rings is 1. The second kappa shape index (κ2) is 7.65. The summed E-state index contributed by atoms with van der Waals surface area (Å²) < 4.78 is 10.6. The molecule has 0 spiro atoms. The van der Waals surface area contributed by atoms with Crippen molar-refractivity contribution in [2.24, 2.45) is 0 Å². The smallest absolute Gasteiger partial charge is 0.226 e. The van der Waals surface area contributed by atoms with Crippen LogP contribution in [0.1, 0.15) is 21.4 Å². The molecule has 0 aliphatic heterocycles. The van der Waals surface area contributed by atoms with Crippen LogP contribution < -0.4 is 14.8 Å². The van der Waals surface area contributed by atoms with E-state index in [1.807, 2.05) is 19.1 Å². The Bertz CT molecular complexity index is 734. The minimum Gasteiger partial charge on any atom is -0.493 e. The Labute approximate surface area is 139 Å². The van der Waals surface area contributed by atoms with Crippen LogP contribution in [-0.2, 0) is 11.2 Å². The SMILES string of the molecule is COc1cccc([C@@H](C#N)NC(=O)Cc2ccc(C)s2)c1OC. The Kier molecular flexibility index (Phi) is 5.61. The van der Waals surface area contributed by atoms with Crippen molar-refractivity contribution in [3.05, 3.63) is 45.6 Å². The second-order valence-corrected chi connectivity index (χ2v) is 6.27. The van der Waals surface area contributed by atoms with E-state index in [4.69, 9.17) is 9.47 Å². The van der Waals surface area contributed by atoms with Gasteiger partial charge in [0.25, 0.3) is 0 Å². The van der Waals surface area contributed by atoms with Crippen LogP contribution in [0.4, 0.5) is 0 Å². The van der Waals surface area contributed by atoms with Gasteiger partial charge in [-0.2, -0.15) is 5.26 Å². The molecular formula is C17H18N2O3S. The third-order valence-corrected chi connectivity index (χ3v) is 4.31. The van der Waals surface area contributed by atoms with Crippen molar-refractivity contribution in [3.63, 3.8) is 0 Å². The first-order valence-corrected chi connectivity index (χ1v) is 7.86. The zero-order valence-corrected chi connectivity index (χ0v) is 14.1. The molecule has 0 fully saturated rings. The summed E-state index contributed by atoms with van der Waals surface area (Å²) in [5.41, 5.74) is 0.574. The highest BCUT2D eigenvalue weighted by Crippen LogP contribution is 2.34. The molecule has 0 saturated heterocycles. The minimum absolute atomic E-state index is 0.205. The molecular weight excluding hydrogens is 312 g/mol. The number of para-hydroxylation sites is 1. The average Bonchev–Trinajstić information content (AvgIpc) is 2.96. The number of thiophene rings is 1. The molecule has 1 aromatic heterocycles. The normalized spacial score (nSPS) is 11.4. The maximum atomic E-state index is 12.2. The van der Waals surface area contributed by atoms with Crippen LogP contribution in [0.25, 0.3) is 0 Å². The molecule has 0 saturated carbocycles. The number of nitrogens with zero attached hydrogens (tertiary/aromatic N) is 1. The van der Waals surface area contributed by atoms with Crippen LogP contribution in [0.15, 0.2) is 30.3 Å². The fraction of sp³-hybridized carbons (Fsp3) is 0.294. The van der Waals surface area contributed by atoms with E-state index in [1.54, 1.807) is 29.5 Å². The summed E-state index contributed by atoms with van der Waals surface area (Å²) >= 11 is 1.57. The molecule has 1 heterocycles. The maximum Gasteiger partial charge on any atom is 0.226 e. The average molecular weight is 330 g/mol. The van der Waals surface area contributed by atoms with E-state index in [-0.39, 0.29) is 12.3 Å². The van der Waals surface area contributed by atoms with Crippen molar-refractivity contribution in [2.75, 3.05) is 14.2 Å². The Hall–Kier alpha value is -2.52. The lowest BCUT2D eigenvalue weighted by atomic mass is 10.1. The highest BCUT2D eigenvalue weighted by Gasteiger charge is 2.21. The third-order valence-electron chi connectivity index (χ3n) is 3.31. The standard InChI is InChI=1S/C17H18N2O3S/c1-11-7-8-12(23-11)9-16(20)19-14(10-18)13-5-4-6-15(21-2)17(13)22-3/h4-8,14H,9H2,1-3H3,(H,19,20)/t14-/m1/s1. The molecule has 120 valence electrons. The first kappa shape index (κ1) is 16.8. The summed E-state index contributed by atoms with van der Waals surface area (Å²) in [6.07, 6.45) is 0.253. The van der Waals surface area contributed by atoms with Crippen molar-refractivity contribution >= 4 is 17.2 Å². The van der Waals surface area contributed by atoms with Crippen molar-refractivity contribution in [1.29, 1.82) is 5.26 Å². The maximum absolute atomic E-state index is 12.2. The summed E-state index contributed by atoms with van der Waals surface area (Å²) in [6.45, 7) is 1.99. The van der Waals surface area contributed by atoms with E-state index in [2.05, 4.69) is 11.4 Å². The predicted molar refractivity (Wildman–Crippen MR) is 88.8 cm³/mol. The van der Waals surface area contributed by atoms with Crippen LogP contribution in [-0.4, -0.2) is 20.1 Å². The predicted octanol–water partition coefficient (Wildman–Crippen LogP) is 3.00. The van der Waals surface area contributed by atoms with Crippen LogP contribution in [0.5, 0.6) is 11.5 Å². The van der Waals surface area contributed by atoms with Gasteiger partial charge in [0.2, 0.25) is 5.91 Å². The summed E-state index contributed by atoms with van der Waals surface area (Å²) in [6, 6.07) is 10.4. The molecule has 2 rings (SSSR count). The Morgan fingerprint density at radius 2 is 2.09 bits per heavy atom. The van der Waals surface area contributed by atoms with Crippen molar-refractivity contribution in [2.45, 2.75) is 19.4 Å². The lowest BCUT2D eigenvalue weighted by molar-refractivity contribution is -0.120. The van der Waals surface area contributed by atoms with E-state index in [1.165, 1.54) is 14.2 Å². The summed E-state index contributed by atoms with van der Waals surface area (Å²) in [5, 5.41) is 12.2. The Morgan fingerprint density at radius 3 is 2.65 bits per heavy atom. The monoisotopic (exact) mass is 330 g/mol. The summed E-state index contributed by atoms with van der Waals surface area (Å²) in [4.78, 5) is 14.3. The molecule has 1 aromatic carbocycles. The molecule has 0 aliphatic rings. The van der Waals surface area contributed by atoms with Gasteiger partial charge in [-0.3, -0.25) is 4.79 Å². The first-order chi connectivity index (χ1) is 11.1. The second-order valence-electron chi connectivity index (χ2n) is 4.90. The molecule has 1 atom stereocenters.